The number of anilines is 1. The van der Waals surface area contributed by atoms with Crippen molar-refractivity contribution in [1.82, 2.24) is 15.2 Å². The molecular weight excluding hydrogens is 350 g/mol. The summed E-state index contributed by atoms with van der Waals surface area (Å²) in [6.45, 7) is 4.26. The van der Waals surface area contributed by atoms with Crippen molar-refractivity contribution in [1.29, 1.82) is 0 Å². The molecule has 0 amide bonds. The van der Waals surface area contributed by atoms with Gasteiger partial charge in [-0.15, -0.1) is 0 Å². The van der Waals surface area contributed by atoms with Crippen LogP contribution >= 0.6 is 11.6 Å². The van der Waals surface area contributed by atoms with Crippen molar-refractivity contribution in [2.75, 3.05) is 45.2 Å². The van der Waals surface area contributed by atoms with Gasteiger partial charge in [0.05, 0.1) is 7.11 Å². The van der Waals surface area contributed by atoms with Crippen LogP contribution in [0.15, 0.2) is 47.6 Å². The van der Waals surface area contributed by atoms with Crippen LogP contribution in [0.1, 0.15) is 5.56 Å². The fourth-order valence-electron chi connectivity index (χ4n) is 3.06. The number of aliphatic imine (C=N–C) groups is 1. The van der Waals surface area contributed by atoms with Crippen LogP contribution in [0, 0.1) is 0 Å². The molecule has 0 unspecified atom stereocenters. The number of halogens is 1. The summed E-state index contributed by atoms with van der Waals surface area (Å²) in [4.78, 5) is 13.4. The normalized spacial score (nSPS) is 15.1. The molecule has 0 atom stereocenters. The Balaban J connectivity index is 1.57. The van der Waals surface area contributed by atoms with Gasteiger partial charge in [0.2, 0.25) is 0 Å². The number of ether oxygens (including phenoxy) is 1. The maximum Gasteiger partial charge on any atom is 0.194 e. The van der Waals surface area contributed by atoms with Crippen LogP contribution in [0.25, 0.3) is 0 Å². The van der Waals surface area contributed by atoms with Crippen LogP contribution in [-0.4, -0.2) is 56.2 Å². The Kier molecular flexibility index (Phi) is 6.17. The summed E-state index contributed by atoms with van der Waals surface area (Å²) in [6, 6.07) is 11.7. The van der Waals surface area contributed by atoms with Crippen LogP contribution < -0.4 is 15.0 Å². The van der Waals surface area contributed by atoms with E-state index in [2.05, 4.69) is 31.2 Å². The smallest absolute Gasteiger partial charge is 0.194 e. The number of nitrogens with one attached hydrogen (secondary N) is 1. The quantitative estimate of drug-likeness (QED) is 0.659. The van der Waals surface area contributed by atoms with Crippen molar-refractivity contribution in [2.24, 2.45) is 4.99 Å². The molecule has 0 bridgehead atoms. The molecule has 0 spiro atoms. The lowest BCUT2D eigenvalue weighted by Gasteiger charge is -2.37. The summed E-state index contributed by atoms with van der Waals surface area (Å²) in [5.74, 6) is 2.70. The van der Waals surface area contributed by atoms with E-state index in [1.165, 1.54) is 0 Å². The first kappa shape index (κ1) is 18.3. The first-order valence-corrected chi connectivity index (χ1v) is 9.03. The van der Waals surface area contributed by atoms with E-state index in [-0.39, 0.29) is 0 Å². The molecule has 7 heteroatoms. The lowest BCUT2D eigenvalue weighted by molar-refractivity contribution is 0.370. The average molecular weight is 374 g/mol. The van der Waals surface area contributed by atoms with E-state index in [0.29, 0.717) is 11.6 Å². The number of piperazine rings is 1. The van der Waals surface area contributed by atoms with Gasteiger partial charge in [-0.3, -0.25) is 4.99 Å². The van der Waals surface area contributed by atoms with Crippen molar-refractivity contribution in [3.05, 3.63) is 53.2 Å². The number of aromatic nitrogens is 1. The van der Waals surface area contributed by atoms with Crippen molar-refractivity contribution in [3.63, 3.8) is 0 Å². The number of rotatable bonds is 4. The SMILES string of the molecule is CN=C(NCc1ccc(Cl)cc1OC)N1CCN(c2ccccn2)CC1. The molecule has 26 heavy (non-hydrogen) atoms. The van der Waals surface area contributed by atoms with Gasteiger partial charge >= 0.3 is 0 Å². The van der Waals surface area contributed by atoms with E-state index >= 15 is 0 Å². The lowest BCUT2D eigenvalue weighted by atomic mass is 10.2. The van der Waals surface area contributed by atoms with E-state index in [1.54, 1.807) is 7.11 Å². The van der Waals surface area contributed by atoms with Crippen molar-refractivity contribution >= 4 is 23.4 Å². The Labute approximate surface area is 159 Å². The number of hydrogen-bond acceptors (Lipinski definition) is 4. The fourth-order valence-corrected chi connectivity index (χ4v) is 3.22. The number of benzene rings is 1. The molecule has 0 aliphatic carbocycles. The Morgan fingerprint density at radius 2 is 2.04 bits per heavy atom. The van der Waals surface area contributed by atoms with E-state index in [1.807, 2.05) is 43.6 Å². The van der Waals surface area contributed by atoms with E-state index in [4.69, 9.17) is 16.3 Å². The molecular formula is C19H24ClN5O. The molecule has 2 aromatic rings. The molecule has 0 radical (unpaired) electrons. The molecule has 1 fully saturated rings. The third kappa shape index (κ3) is 4.38. The third-order valence-electron chi connectivity index (χ3n) is 4.45. The van der Waals surface area contributed by atoms with E-state index in [9.17, 15) is 0 Å². The zero-order chi connectivity index (χ0) is 18.4. The van der Waals surface area contributed by atoms with Crippen LogP contribution in [0.3, 0.4) is 0 Å². The summed E-state index contributed by atoms with van der Waals surface area (Å²) >= 11 is 6.03. The third-order valence-corrected chi connectivity index (χ3v) is 4.69. The fraction of sp³-hybridized carbons (Fsp3) is 0.368. The molecule has 6 nitrogen and oxygen atoms in total. The van der Waals surface area contributed by atoms with Gasteiger partial charge in [-0.05, 0) is 24.3 Å². The van der Waals surface area contributed by atoms with Crippen LogP contribution in [0.2, 0.25) is 5.02 Å². The maximum absolute atomic E-state index is 6.03. The highest BCUT2D eigenvalue weighted by Crippen LogP contribution is 2.23. The second-order valence-electron chi connectivity index (χ2n) is 6.02. The summed E-state index contributed by atoms with van der Waals surface area (Å²) in [5.41, 5.74) is 1.05. The Morgan fingerprint density at radius 1 is 1.23 bits per heavy atom. The van der Waals surface area contributed by atoms with Gasteiger partial charge in [-0.25, -0.2) is 4.98 Å². The zero-order valence-electron chi connectivity index (χ0n) is 15.2. The minimum absolute atomic E-state index is 0.632. The predicted molar refractivity (Wildman–Crippen MR) is 106 cm³/mol. The Hall–Kier alpha value is -2.47. The van der Waals surface area contributed by atoms with E-state index < -0.39 is 0 Å². The second-order valence-corrected chi connectivity index (χ2v) is 6.46. The largest absolute Gasteiger partial charge is 0.496 e. The summed E-state index contributed by atoms with van der Waals surface area (Å²) in [5, 5.41) is 4.09. The molecule has 138 valence electrons. The van der Waals surface area contributed by atoms with Crippen molar-refractivity contribution < 1.29 is 4.74 Å². The highest BCUT2D eigenvalue weighted by molar-refractivity contribution is 6.30. The lowest BCUT2D eigenvalue weighted by Crippen LogP contribution is -2.52. The van der Waals surface area contributed by atoms with Gasteiger partial charge in [-0.2, -0.15) is 0 Å². The molecule has 1 aromatic heterocycles. The van der Waals surface area contributed by atoms with Crippen LogP contribution in [0.4, 0.5) is 5.82 Å². The monoisotopic (exact) mass is 373 g/mol. The first-order chi connectivity index (χ1) is 12.7. The molecule has 1 aliphatic rings. The number of pyridine rings is 1. The van der Waals surface area contributed by atoms with Crippen LogP contribution in [0.5, 0.6) is 5.75 Å². The molecule has 3 rings (SSSR count). The van der Waals surface area contributed by atoms with Gasteiger partial charge in [0.25, 0.3) is 0 Å². The highest BCUT2D eigenvalue weighted by Gasteiger charge is 2.20. The summed E-state index contributed by atoms with van der Waals surface area (Å²) < 4.78 is 5.41. The first-order valence-electron chi connectivity index (χ1n) is 8.65. The Morgan fingerprint density at radius 3 is 2.69 bits per heavy atom. The second kappa shape index (κ2) is 8.76. The molecule has 0 saturated carbocycles. The molecule has 2 heterocycles. The topological polar surface area (TPSA) is 53.0 Å². The molecule has 1 aromatic carbocycles. The minimum atomic E-state index is 0.632. The van der Waals surface area contributed by atoms with E-state index in [0.717, 1.165) is 49.3 Å². The minimum Gasteiger partial charge on any atom is -0.496 e. The molecule has 1 aliphatic heterocycles. The number of hydrogen-bond donors (Lipinski definition) is 1. The standard InChI is InChI=1S/C19H24ClN5O/c1-21-19(23-14-15-6-7-16(20)13-17(15)26-2)25-11-9-24(10-12-25)18-5-3-4-8-22-18/h3-8,13H,9-12,14H2,1-2H3,(H,21,23). The average Bonchev–Trinajstić information content (AvgIpc) is 2.70. The highest BCUT2D eigenvalue weighted by atomic mass is 35.5. The van der Waals surface area contributed by atoms with Gasteiger partial charge in [0.15, 0.2) is 5.96 Å². The van der Waals surface area contributed by atoms with Gasteiger partial charge in [0.1, 0.15) is 11.6 Å². The summed E-state index contributed by atoms with van der Waals surface area (Å²) in [7, 11) is 3.47. The summed E-state index contributed by atoms with van der Waals surface area (Å²) in [6.07, 6.45) is 1.84. The Bertz CT molecular complexity index is 745. The number of nitrogens with zero attached hydrogens (tertiary/aromatic N) is 4. The van der Waals surface area contributed by atoms with Gasteiger partial charge in [-0.1, -0.05) is 23.7 Å². The molecule has 1 N–H and O–H groups in total. The van der Waals surface area contributed by atoms with Crippen LogP contribution in [-0.2, 0) is 6.54 Å². The van der Waals surface area contributed by atoms with Crippen molar-refractivity contribution in [2.45, 2.75) is 6.54 Å². The van der Waals surface area contributed by atoms with Gasteiger partial charge in [0, 0.05) is 56.6 Å². The maximum atomic E-state index is 6.03. The zero-order valence-corrected chi connectivity index (χ0v) is 15.9. The molecule has 1 saturated heterocycles. The number of methoxy groups -OCH3 is 1. The predicted octanol–water partition coefficient (Wildman–Crippen LogP) is 2.64. The van der Waals surface area contributed by atoms with Gasteiger partial charge < -0.3 is 19.9 Å². The number of guanidine groups is 1. The van der Waals surface area contributed by atoms with Crippen molar-refractivity contribution in [3.8, 4) is 5.75 Å².